The number of halogens is 5. The third-order valence-electron chi connectivity index (χ3n) is 8.20. The highest BCUT2D eigenvalue weighted by Gasteiger charge is 2.38. The molecule has 1 saturated heterocycles. The Balaban J connectivity index is 1.78. The highest BCUT2D eigenvalue weighted by Crippen LogP contribution is 2.51. The summed E-state index contributed by atoms with van der Waals surface area (Å²) in [5.41, 5.74) is 6.34. The molecule has 1 unspecified atom stereocenters. The zero-order valence-corrected chi connectivity index (χ0v) is 27.5. The minimum absolute atomic E-state index is 0.0902. The van der Waals surface area contributed by atoms with Crippen LogP contribution in [0, 0.1) is 18.6 Å². The zero-order chi connectivity index (χ0) is 32.5. The lowest BCUT2D eigenvalue weighted by atomic mass is 9.98. The molecule has 6 rings (SSSR count). The van der Waals surface area contributed by atoms with Gasteiger partial charge in [-0.3, -0.25) is 14.3 Å². The average Bonchev–Trinajstić information content (AvgIpc) is 3.16. The minimum Gasteiger partial charge on any atom is -0.397 e. The van der Waals surface area contributed by atoms with Crippen molar-refractivity contribution in [3.05, 3.63) is 79.4 Å². The van der Waals surface area contributed by atoms with E-state index in [2.05, 4.69) is 16.5 Å². The fourth-order valence-electron chi connectivity index (χ4n) is 6.06. The van der Waals surface area contributed by atoms with Gasteiger partial charge in [0.2, 0.25) is 5.91 Å². The van der Waals surface area contributed by atoms with Crippen molar-refractivity contribution in [2.45, 2.75) is 37.6 Å². The molecule has 45 heavy (non-hydrogen) atoms. The molecule has 2 aromatic carbocycles. The number of anilines is 2. The van der Waals surface area contributed by atoms with Gasteiger partial charge >= 0.3 is 5.69 Å². The number of carbonyl (C=O) groups excluding carboxylic acids is 1. The molecule has 0 spiro atoms. The Bertz CT molecular complexity index is 1980. The van der Waals surface area contributed by atoms with Crippen LogP contribution in [-0.2, 0) is 4.79 Å². The van der Waals surface area contributed by atoms with Gasteiger partial charge < -0.3 is 15.5 Å². The number of amides is 1. The summed E-state index contributed by atoms with van der Waals surface area (Å²) in [5, 5.41) is -0.455. The fourth-order valence-corrected chi connectivity index (χ4v) is 8.08. The van der Waals surface area contributed by atoms with Crippen LogP contribution in [0.25, 0.3) is 27.7 Å². The Morgan fingerprint density at radius 2 is 1.91 bits per heavy atom. The molecule has 2 N–H and O–H groups in total. The molecule has 0 saturated carbocycles. The smallest absolute Gasteiger partial charge is 0.354 e. The van der Waals surface area contributed by atoms with Gasteiger partial charge in [-0.05, 0) is 36.6 Å². The van der Waals surface area contributed by atoms with Crippen molar-refractivity contribution in [2.75, 3.05) is 36.0 Å². The predicted molar refractivity (Wildman–Crippen MR) is 177 cm³/mol. The standard InChI is InChI=1S/C31H27Cl3F2N6O2S/c1-5-18(43)40-8-9-41-15(11-40)12-45-29-21-28(22(34)19(24(29)36)20-23(35)16(32)10-17(33)25(20)37)42(31(44)39-30(21)41)27-14(4)6-7-38-26(27)13(2)3/h5-7,10,13,15H,1,8-9,11-12,37H2,2-4H3. The summed E-state index contributed by atoms with van der Waals surface area (Å²) in [7, 11) is 0. The van der Waals surface area contributed by atoms with E-state index in [9.17, 15) is 9.59 Å². The molecule has 2 aliphatic heterocycles. The maximum Gasteiger partial charge on any atom is 0.354 e. The maximum absolute atomic E-state index is 17.0. The lowest BCUT2D eigenvalue weighted by Gasteiger charge is -2.41. The van der Waals surface area contributed by atoms with E-state index < -0.39 is 22.9 Å². The van der Waals surface area contributed by atoms with Crippen LogP contribution in [0.1, 0.15) is 31.0 Å². The van der Waals surface area contributed by atoms with E-state index in [0.717, 1.165) is 17.8 Å². The Morgan fingerprint density at radius 1 is 1.18 bits per heavy atom. The number of nitrogens with zero attached hydrogens (tertiary/aromatic N) is 5. The van der Waals surface area contributed by atoms with Crippen molar-refractivity contribution in [3.63, 3.8) is 0 Å². The van der Waals surface area contributed by atoms with E-state index in [1.165, 1.54) is 10.6 Å². The van der Waals surface area contributed by atoms with Crippen molar-refractivity contribution < 1.29 is 13.6 Å². The monoisotopic (exact) mass is 690 g/mol. The molecule has 4 aromatic rings. The van der Waals surface area contributed by atoms with E-state index in [-0.39, 0.29) is 65.8 Å². The number of hydrogen-bond acceptors (Lipinski definition) is 7. The molecular weight excluding hydrogens is 665 g/mol. The summed E-state index contributed by atoms with van der Waals surface area (Å²) in [6.07, 6.45) is 2.89. The number of pyridine rings is 1. The molecule has 0 aliphatic carbocycles. The van der Waals surface area contributed by atoms with Gasteiger partial charge in [-0.25, -0.2) is 13.6 Å². The summed E-state index contributed by atoms with van der Waals surface area (Å²) in [5.74, 6) is -1.69. The number of piperazine rings is 1. The third-order valence-corrected chi connectivity index (χ3v) is 10.4. The van der Waals surface area contributed by atoms with Gasteiger partial charge in [0.1, 0.15) is 11.6 Å². The first-order valence-electron chi connectivity index (χ1n) is 14.0. The van der Waals surface area contributed by atoms with E-state index in [1.54, 1.807) is 17.2 Å². The quantitative estimate of drug-likeness (QED) is 0.140. The average molecular weight is 692 g/mol. The lowest BCUT2D eigenvalue weighted by Crippen LogP contribution is -2.56. The van der Waals surface area contributed by atoms with Crippen molar-refractivity contribution >= 4 is 74.9 Å². The lowest BCUT2D eigenvalue weighted by molar-refractivity contribution is -0.126. The summed E-state index contributed by atoms with van der Waals surface area (Å²) < 4.78 is 34.1. The normalized spacial score (nSPS) is 16.2. The Labute approximate surface area is 276 Å². The number of carbonyl (C=O) groups is 1. The number of rotatable bonds is 4. The van der Waals surface area contributed by atoms with Crippen LogP contribution in [0.2, 0.25) is 15.1 Å². The number of nitrogen functional groups attached to an aromatic ring is 1. The Hall–Kier alpha value is -3.38. The highest BCUT2D eigenvalue weighted by atomic mass is 35.5. The van der Waals surface area contributed by atoms with Gasteiger partial charge in [0.25, 0.3) is 0 Å². The number of hydrogen-bond donors (Lipinski definition) is 1. The van der Waals surface area contributed by atoms with Crippen LogP contribution in [0.3, 0.4) is 0 Å². The molecule has 0 bridgehead atoms. The summed E-state index contributed by atoms with van der Waals surface area (Å²) in [6, 6.07) is 2.55. The molecule has 2 aliphatic rings. The first-order valence-corrected chi connectivity index (χ1v) is 16.2. The Morgan fingerprint density at radius 3 is 2.60 bits per heavy atom. The second kappa shape index (κ2) is 11.8. The van der Waals surface area contributed by atoms with Crippen LogP contribution in [-0.4, -0.2) is 56.8 Å². The van der Waals surface area contributed by atoms with Crippen LogP contribution >= 0.6 is 46.6 Å². The van der Waals surface area contributed by atoms with E-state index in [1.807, 2.05) is 25.7 Å². The molecule has 1 amide bonds. The van der Waals surface area contributed by atoms with Crippen LogP contribution < -0.4 is 16.3 Å². The largest absolute Gasteiger partial charge is 0.397 e. The van der Waals surface area contributed by atoms with Crippen molar-refractivity contribution in [1.82, 2.24) is 19.4 Å². The molecule has 0 radical (unpaired) electrons. The first kappa shape index (κ1) is 31.6. The number of aromatic nitrogens is 3. The predicted octanol–water partition coefficient (Wildman–Crippen LogP) is 7.01. The third kappa shape index (κ3) is 4.95. The molecule has 14 heteroatoms. The maximum atomic E-state index is 17.0. The van der Waals surface area contributed by atoms with Crippen LogP contribution in [0.4, 0.5) is 20.3 Å². The number of nitrogens with two attached hydrogens (primary N) is 1. The minimum atomic E-state index is -1.01. The van der Waals surface area contributed by atoms with Gasteiger partial charge in [-0.15, -0.1) is 11.8 Å². The molecule has 8 nitrogen and oxygen atoms in total. The number of fused-ring (bicyclic) bond motifs is 2. The van der Waals surface area contributed by atoms with Crippen molar-refractivity contribution in [2.24, 2.45) is 0 Å². The van der Waals surface area contributed by atoms with Crippen LogP contribution in [0.15, 0.2) is 40.7 Å². The van der Waals surface area contributed by atoms with Crippen molar-refractivity contribution in [1.29, 1.82) is 0 Å². The highest BCUT2D eigenvalue weighted by molar-refractivity contribution is 7.99. The Kier molecular flexibility index (Phi) is 8.26. The summed E-state index contributed by atoms with van der Waals surface area (Å²) >= 11 is 20.7. The number of aryl methyl sites for hydroxylation is 1. The zero-order valence-electron chi connectivity index (χ0n) is 24.4. The molecule has 1 atom stereocenters. The van der Waals surface area contributed by atoms with E-state index in [4.69, 9.17) is 40.5 Å². The molecule has 4 heterocycles. The fraction of sp³-hybridized carbons (Fsp3) is 0.290. The molecule has 1 fully saturated rings. The second-order valence-electron chi connectivity index (χ2n) is 11.2. The topological polar surface area (TPSA) is 97.4 Å². The molecule has 234 valence electrons. The SMILES string of the molecule is C=CC(=O)N1CCN2c3nc(=O)n(-c4c(C)ccnc4C(C)C)c4c(Cl)c(-c5c(N)c(Cl)cc(Cl)c5F)c(F)c(c34)SCC2C1. The van der Waals surface area contributed by atoms with Gasteiger partial charge in [-0.1, -0.05) is 55.2 Å². The van der Waals surface area contributed by atoms with E-state index >= 15 is 8.78 Å². The first-order chi connectivity index (χ1) is 21.4. The van der Waals surface area contributed by atoms with Gasteiger partial charge in [0, 0.05) is 42.7 Å². The summed E-state index contributed by atoms with van der Waals surface area (Å²) in [6.45, 7) is 10.2. The van der Waals surface area contributed by atoms with E-state index in [0.29, 0.717) is 42.3 Å². The van der Waals surface area contributed by atoms with Crippen molar-refractivity contribution in [3.8, 4) is 16.8 Å². The van der Waals surface area contributed by atoms with Gasteiger partial charge in [0.15, 0.2) is 5.82 Å². The van der Waals surface area contributed by atoms with Gasteiger partial charge in [0.05, 0.1) is 54.0 Å². The second-order valence-corrected chi connectivity index (χ2v) is 13.4. The number of benzene rings is 2. The van der Waals surface area contributed by atoms with Crippen LogP contribution in [0.5, 0.6) is 0 Å². The molecule has 2 aromatic heterocycles. The number of thioether (sulfide) groups is 1. The van der Waals surface area contributed by atoms with Gasteiger partial charge in [-0.2, -0.15) is 4.98 Å². The molecular formula is C31H27Cl3F2N6O2S. The summed E-state index contributed by atoms with van der Waals surface area (Å²) in [4.78, 5) is 39.5.